The van der Waals surface area contributed by atoms with Gasteiger partial charge in [0.05, 0.1) is 7.11 Å². The molecule has 0 bridgehead atoms. The van der Waals surface area contributed by atoms with Crippen molar-refractivity contribution in [3.05, 3.63) is 63.9 Å². The summed E-state index contributed by atoms with van der Waals surface area (Å²) < 4.78 is 19.2. The van der Waals surface area contributed by atoms with Crippen LogP contribution in [0.4, 0.5) is 4.39 Å². The molecule has 0 heterocycles. The molecular weight excluding hydrogens is 299 g/mol. The molecule has 0 radical (unpaired) electrons. The van der Waals surface area contributed by atoms with E-state index in [-0.39, 0.29) is 11.5 Å². The topological polar surface area (TPSA) is 26.3 Å². The molecule has 0 unspecified atom stereocenters. The Morgan fingerprint density at radius 1 is 1.11 bits per heavy atom. The number of hydrogen-bond acceptors (Lipinski definition) is 2. The fourth-order valence-corrected chi connectivity index (χ4v) is 1.84. The first kappa shape index (κ1) is 12.8. The lowest BCUT2D eigenvalue weighted by Gasteiger charge is -2.05. The third-order valence-corrected chi connectivity index (χ3v) is 3.05. The molecule has 0 fully saturated rings. The van der Waals surface area contributed by atoms with Gasteiger partial charge in [-0.05, 0) is 42.5 Å². The standard InChI is InChI=1S/C14H10BrFO2/c1-18-13-7-4-10(8-12(13)16)14(17)9-2-5-11(15)6-3-9/h2-8H,1H3. The van der Waals surface area contributed by atoms with Crippen LogP contribution in [0.1, 0.15) is 15.9 Å². The molecule has 18 heavy (non-hydrogen) atoms. The van der Waals surface area contributed by atoms with Crippen LogP contribution in [0.5, 0.6) is 5.75 Å². The normalized spacial score (nSPS) is 10.2. The lowest BCUT2D eigenvalue weighted by Crippen LogP contribution is -2.02. The van der Waals surface area contributed by atoms with Crippen molar-refractivity contribution in [1.82, 2.24) is 0 Å². The van der Waals surface area contributed by atoms with E-state index in [0.717, 1.165) is 4.47 Å². The molecule has 0 aliphatic heterocycles. The van der Waals surface area contributed by atoms with Gasteiger partial charge in [0, 0.05) is 15.6 Å². The first-order chi connectivity index (χ1) is 8.61. The highest BCUT2D eigenvalue weighted by Crippen LogP contribution is 2.20. The summed E-state index contributed by atoms with van der Waals surface area (Å²) in [6.45, 7) is 0. The molecular formula is C14H10BrFO2. The minimum Gasteiger partial charge on any atom is -0.494 e. The smallest absolute Gasteiger partial charge is 0.193 e. The summed E-state index contributed by atoms with van der Waals surface area (Å²) in [6.07, 6.45) is 0. The summed E-state index contributed by atoms with van der Waals surface area (Å²) in [4.78, 5) is 12.1. The Morgan fingerprint density at radius 3 is 2.28 bits per heavy atom. The van der Waals surface area contributed by atoms with E-state index >= 15 is 0 Å². The zero-order valence-electron chi connectivity index (χ0n) is 9.61. The van der Waals surface area contributed by atoms with Gasteiger partial charge in [-0.2, -0.15) is 0 Å². The summed E-state index contributed by atoms with van der Waals surface area (Å²) in [6, 6.07) is 11.1. The van der Waals surface area contributed by atoms with Crippen LogP contribution in [-0.2, 0) is 0 Å². The second kappa shape index (κ2) is 5.31. The van der Waals surface area contributed by atoms with Crippen LogP contribution in [0.3, 0.4) is 0 Å². The highest BCUT2D eigenvalue weighted by molar-refractivity contribution is 9.10. The van der Waals surface area contributed by atoms with Crippen LogP contribution in [0.25, 0.3) is 0 Å². The van der Waals surface area contributed by atoms with Gasteiger partial charge in [0.2, 0.25) is 0 Å². The highest BCUT2D eigenvalue weighted by Gasteiger charge is 2.12. The summed E-state index contributed by atoms with van der Waals surface area (Å²) >= 11 is 3.29. The lowest BCUT2D eigenvalue weighted by atomic mass is 10.0. The van der Waals surface area contributed by atoms with E-state index in [1.165, 1.54) is 19.2 Å². The zero-order chi connectivity index (χ0) is 13.1. The molecule has 0 saturated heterocycles. The van der Waals surface area contributed by atoms with Crippen LogP contribution >= 0.6 is 15.9 Å². The van der Waals surface area contributed by atoms with E-state index in [0.29, 0.717) is 11.1 Å². The first-order valence-electron chi connectivity index (χ1n) is 5.25. The molecule has 4 heteroatoms. The molecule has 0 aliphatic rings. The molecule has 0 N–H and O–H groups in total. The molecule has 0 aliphatic carbocycles. The maximum absolute atomic E-state index is 13.5. The molecule has 2 aromatic carbocycles. The van der Waals surface area contributed by atoms with Crippen molar-refractivity contribution < 1.29 is 13.9 Å². The van der Waals surface area contributed by atoms with Crippen LogP contribution in [-0.4, -0.2) is 12.9 Å². The molecule has 0 atom stereocenters. The average molecular weight is 309 g/mol. The second-order valence-electron chi connectivity index (χ2n) is 3.69. The first-order valence-corrected chi connectivity index (χ1v) is 6.05. The van der Waals surface area contributed by atoms with Gasteiger partial charge in [-0.25, -0.2) is 4.39 Å². The van der Waals surface area contributed by atoms with Crippen LogP contribution in [0, 0.1) is 5.82 Å². The number of ether oxygens (including phenoxy) is 1. The monoisotopic (exact) mass is 308 g/mol. The number of benzene rings is 2. The lowest BCUT2D eigenvalue weighted by molar-refractivity contribution is 0.103. The van der Waals surface area contributed by atoms with Gasteiger partial charge in [-0.1, -0.05) is 15.9 Å². The molecule has 0 amide bonds. The number of halogens is 2. The number of carbonyl (C=O) groups excluding carboxylic acids is 1. The third-order valence-electron chi connectivity index (χ3n) is 2.52. The minimum absolute atomic E-state index is 0.127. The predicted molar refractivity (Wildman–Crippen MR) is 70.5 cm³/mol. The molecule has 0 aromatic heterocycles. The second-order valence-corrected chi connectivity index (χ2v) is 4.60. The van der Waals surface area contributed by atoms with Crippen LogP contribution in [0.15, 0.2) is 46.9 Å². The molecule has 2 aromatic rings. The van der Waals surface area contributed by atoms with E-state index in [4.69, 9.17) is 4.74 Å². The molecule has 92 valence electrons. The molecule has 0 spiro atoms. The van der Waals surface area contributed by atoms with E-state index in [9.17, 15) is 9.18 Å². The van der Waals surface area contributed by atoms with Gasteiger partial charge < -0.3 is 4.74 Å². The largest absolute Gasteiger partial charge is 0.494 e. The van der Waals surface area contributed by atoms with Crippen molar-refractivity contribution in [3.8, 4) is 5.75 Å². The van der Waals surface area contributed by atoms with Crippen LogP contribution < -0.4 is 4.74 Å². The van der Waals surface area contributed by atoms with Gasteiger partial charge in [-0.3, -0.25) is 4.79 Å². The Kier molecular flexibility index (Phi) is 3.77. The zero-order valence-corrected chi connectivity index (χ0v) is 11.2. The Bertz CT molecular complexity index is 579. The van der Waals surface area contributed by atoms with Gasteiger partial charge in [0.15, 0.2) is 17.3 Å². The average Bonchev–Trinajstić information content (AvgIpc) is 2.38. The van der Waals surface area contributed by atoms with Gasteiger partial charge in [0.1, 0.15) is 0 Å². The summed E-state index contributed by atoms with van der Waals surface area (Å²) in [5.74, 6) is -0.633. The predicted octanol–water partition coefficient (Wildman–Crippen LogP) is 3.83. The fraction of sp³-hybridized carbons (Fsp3) is 0.0714. The number of hydrogen-bond donors (Lipinski definition) is 0. The van der Waals surface area contributed by atoms with Crippen molar-refractivity contribution in [1.29, 1.82) is 0 Å². The van der Waals surface area contributed by atoms with Gasteiger partial charge in [0.25, 0.3) is 0 Å². The Morgan fingerprint density at radius 2 is 1.72 bits per heavy atom. The van der Waals surface area contributed by atoms with Crippen molar-refractivity contribution >= 4 is 21.7 Å². The maximum atomic E-state index is 13.5. The van der Waals surface area contributed by atoms with Crippen molar-refractivity contribution in [2.45, 2.75) is 0 Å². The van der Waals surface area contributed by atoms with Crippen molar-refractivity contribution in [2.24, 2.45) is 0 Å². The van der Waals surface area contributed by atoms with E-state index < -0.39 is 5.82 Å². The summed E-state index contributed by atoms with van der Waals surface area (Å²) in [5.41, 5.74) is 0.818. The van der Waals surface area contributed by atoms with Crippen molar-refractivity contribution in [3.63, 3.8) is 0 Å². The SMILES string of the molecule is COc1ccc(C(=O)c2ccc(Br)cc2)cc1F. The fourth-order valence-electron chi connectivity index (χ4n) is 1.58. The Balaban J connectivity index is 2.34. The minimum atomic E-state index is -0.541. The summed E-state index contributed by atoms with van der Waals surface area (Å²) in [5, 5.41) is 0. The summed E-state index contributed by atoms with van der Waals surface area (Å²) in [7, 11) is 1.38. The van der Waals surface area contributed by atoms with E-state index in [2.05, 4.69) is 15.9 Å². The van der Waals surface area contributed by atoms with Gasteiger partial charge in [-0.15, -0.1) is 0 Å². The van der Waals surface area contributed by atoms with Gasteiger partial charge >= 0.3 is 0 Å². The van der Waals surface area contributed by atoms with Crippen LogP contribution in [0.2, 0.25) is 0 Å². The Labute approximate surface area is 113 Å². The number of rotatable bonds is 3. The Hall–Kier alpha value is -1.68. The van der Waals surface area contributed by atoms with Crippen molar-refractivity contribution in [2.75, 3.05) is 7.11 Å². The third kappa shape index (κ3) is 2.59. The number of carbonyl (C=O) groups is 1. The number of methoxy groups -OCH3 is 1. The molecule has 2 rings (SSSR count). The number of ketones is 1. The molecule has 2 nitrogen and oxygen atoms in total. The molecule has 0 saturated carbocycles. The highest BCUT2D eigenvalue weighted by atomic mass is 79.9. The quantitative estimate of drug-likeness (QED) is 0.806. The van der Waals surface area contributed by atoms with E-state index in [1.54, 1.807) is 30.3 Å². The van der Waals surface area contributed by atoms with E-state index in [1.807, 2.05) is 0 Å². The maximum Gasteiger partial charge on any atom is 0.193 e.